The lowest BCUT2D eigenvalue weighted by atomic mass is 10.0. The van der Waals surface area contributed by atoms with Crippen molar-refractivity contribution in [2.75, 3.05) is 0 Å². The first-order chi connectivity index (χ1) is 30.7. The second-order valence-electron chi connectivity index (χ2n) is 15.3. The van der Waals surface area contributed by atoms with Gasteiger partial charge in [-0.2, -0.15) is 0 Å². The average Bonchev–Trinajstić information content (AvgIpc) is 4.13. The van der Waals surface area contributed by atoms with E-state index in [1.165, 1.54) is 10.1 Å². The van der Waals surface area contributed by atoms with Crippen LogP contribution in [0.3, 0.4) is 0 Å². The topological polar surface area (TPSA) is 95.7 Å². The van der Waals surface area contributed by atoms with Gasteiger partial charge in [-0.15, -0.1) is 11.3 Å². The molecule has 8 nitrogen and oxygen atoms in total. The van der Waals surface area contributed by atoms with Gasteiger partial charge in [0.2, 0.25) is 11.8 Å². The summed E-state index contributed by atoms with van der Waals surface area (Å²) in [7, 11) is 0. The Morgan fingerprint density at radius 3 is 1.71 bits per heavy atom. The van der Waals surface area contributed by atoms with E-state index in [1.54, 1.807) is 11.3 Å². The molecule has 5 heterocycles. The largest absolute Gasteiger partial charge is 0.436 e. The minimum atomic E-state index is 0.466. The summed E-state index contributed by atoms with van der Waals surface area (Å²) >= 11 is 1.77. The first-order valence-electron chi connectivity index (χ1n) is 20.3. The molecular weight excluding hydrogens is 785 g/mol. The summed E-state index contributed by atoms with van der Waals surface area (Å²) in [6, 6.07) is 61.9. The molecule has 13 aromatic rings. The molecule has 290 valence electrons. The van der Waals surface area contributed by atoms with Crippen LogP contribution in [0.2, 0.25) is 0 Å². The Labute approximate surface area is 357 Å². The number of para-hydroxylation sites is 6. The lowest BCUT2D eigenvalue weighted by Gasteiger charge is -2.12. The number of hydrogen-bond donors (Lipinski definition) is 0. The van der Waals surface area contributed by atoms with Crippen LogP contribution in [0.4, 0.5) is 0 Å². The molecule has 0 aliphatic heterocycles. The summed E-state index contributed by atoms with van der Waals surface area (Å²) in [4.78, 5) is 25.8. The highest BCUT2D eigenvalue weighted by molar-refractivity contribution is 7.25. The molecule has 0 fully saturated rings. The molecule has 0 saturated carbocycles. The van der Waals surface area contributed by atoms with Crippen LogP contribution in [0.1, 0.15) is 0 Å². The molecule has 0 unspecified atom stereocenters. The molecule has 9 heteroatoms. The molecule has 0 aliphatic rings. The molecule has 0 atom stereocenters. The fourth-order valence-corrected chi connectivity index (χ4v) is 9.81. The maximum atomic E-state index is 6.36. The molecule has 13 rings (SSSR count). The number of aromatic nitrogens is 6. The Balaban J connectivity index is 1.08. The van der Waals surface area contributed by atoms with Crippen molar-refractivity contribution in [1.82, 2.24) is 29.5 Å². The van der Waals surface area contributed by atoms with Gasteiger partial charge in [-0.25, -0.2) is 24.9 Å². The third-order valence-corrected chi connectivity index (χ3v) is 12.6. The zero-order valence-electron chi connectivity index (χ0n) is 32.7. The normalized spacial score (nSPS) is 11.9. The van der Waals surface area contributed by atoms with E-state index in [0.29, 0.717) is 40.4 Å². The number of fused-ring (bicyclic) bond motifs is 8. The van der Waals surface area contributed by atoms with E-state index in [1.807, 2.05) is 72.8 Å². The molecule has 8 aromatic carbocycles. The van der Waals surface area contributed by atoms with Gasteiger partial charge in [0.25, 0.3) is 0 Å². The molecule has 0 bridgehead atoms. The number of hydrogen-bond acceptors (Lipinski definition) is 8. The van der Waals surface area contributed by atoms with Crippen LogP contribution in [0.25, 0.3) is 127 Å². The SMILES string of the molecule is c1ccc(-n2c3ccccc3c3ccc(-c4nc(-c5cc(-c6nc7ccccc7o6)cc(-c6nc7ccccc7o6)c5)nc(-c5cccc6sc7ccccc7c56)n4)cc32)cc1. The highest BCUT2D eigenvalue weighted by Crippen LogP contribution is 2.41. The summed E-state index contributed by atoms with van der Waals surface area (Å²) in [6.45, 7) is 0. The summed E-state index contributed by atoms with van der Waals surface area (Å²) in [5.74, 6) is 2.53. The maximum absolute atomic E-state index is 6.36. The summed E-state index contributed by atoms with van der Waals surface area (Å²) < 4.78 is 17.4. The van der Waals surface area contributed by atoms with Crippen molar-refractivity contribution in [2.24, 2.45) is 0 Å². The quantitative estimate of drug-likeness (QED) is 0.165. The number of rotatable bonds is 6. The zero-order valence-corrected chi connectivity index (χ0v) is 33.5. The number of nitrogens with zero attached hydrogens (tertiary/aromatic N) is 6. The fourth-order valence-electron chi connectivity index (χ4n) is 8.68. The van der Waals surface area contributed by atoms with Crippen LogP contribution >= 0.6 is 11.3 Å². The molecule has 0 N–H and O–H groups in total. The van der Waals surface area contributed by atoms with E-state index in [2.05, 4.69) is 114 Å². The van der Waals surface area contributed by atoms with E-state index >= 15 is 0 Å². The first kappa shape index (κ1) is 34.6. The third kappa shape index (κ3) is 5.56. The molecule has 0 saturated heterocycles. The maximum Gasteiger partial charge on any atom is 0.227 e. The number of oxazole rings is 2. The van der Waals surface area contributed by atoms with Gasteiger partial charge in [-0.05, 0) is 78.9 Å². The predicted molar refractivity (Wildman–Crippen MR) is 249 cm³/mol. The molecule has 0 spiro atoms. The van der Waals surface area contributed by atoms with Crippen LogP contribution < -0.4 is 0 Å². The van der Waals surface area contributed by atoms with E-state index in [-0.39, 0.29) is 0 Å². The monoisotopic (exact) mass is 814 g/mol. The van der Waals surface area contributed by atoms with E-state index in [4.69, 9.17) is 33.8 Å². The second-order valence-corrected chi connectivity index (χ2v) is 16.4. The Morgan fingerprint density at radius 1 is 0.387 bits per heavy atom. The lowest BCUT2D eigenvalue weighted by molar-refractivity contribution is 0.617. The summed E-state index contributed by atoms with van der Waals surface area (Å²) in [5, 5.41) is 4.60. The Hall–Kier alpha value is -8.27. The van der Waals surface area contributed by atoms with Crippen molar-refractivity contribution in [3.8, 4) is 62.8 Å². The summed E-state index contributed by atoms with van der Waals surface area (Å²) in [6.07, 6.45) is 0. The van der Waals surface area contributed by atoms with Gasteiger partial charge in [-0.3, -0.25) is 0 Å². The van der Waals surface area contributed by atoms with Crippen molar-refractivity contribution in [1.29, 1.82) is 0 Å². The van der Waals surface area contributed by atoms with Gasteiger partial charge in [0.05, 0.1) is 11.0 Å². The smallest absolute Gasteiger partial charge is 0.227 e. The molecule has 0 radical (unpaired) electrons. The zero-order chi connectivity index (χ0) is 40.7. The van der Waals surface area contributed by atoms with Crippen LogP contribution in [-0.4, -0.2) is 29.5 Å². The third-order valence-electron chi connectivity index (χ3n) is 11.5. The molecule has 62 heavy (non-hydrogen) atoms. The van der Waals surface area contributed by atoms with Crippen LogP contribution in [0.5, 0.6) is 0 Å². The van der Waals surface area contributed by atoms with Crippen LogP contribution in [-0.2, 0) is 0 Å². The van der Waals surface area contributed by atoms with Crippen molar-refractivity contribution in [2.45, 2.75) is 0 Å². The fraction of sp³-hybridized carbons (Fsp3) is 0. The van der Waals surface area contributed by atoms with Gasteiger partial charge in [-0.1, -0.05) is 103 Å². The minimum absolute atomic E-state index is 0.466. The molecule has 5 aromatic heterocycles. The highest BCUT2D eigenvalue weighted by Gasteiger charge is 2.21. The summed E-state index contributed by atoms with van der Waals surface area (Å²) in [5.41, 5.74) is 10.2. The van der Waals surface area contributed by atoms with Gasteiger partial charge < -0.3 is 13.4 Å². The molecule has 0 aliphatic carbocycles. The molecule has 0 amide bonds. The lowest BCUT2D eigenvalue weighted by Crippen LogP contribution is -2.01. The van der Waals surface area contributed by atoms with Crippen molar-refractivity contribution in [3.63, 3.8) is 0 Å². The average molecular weight is 815 g/mol. The molecular formula is C53H30N6O2S. The van der Waals surface area contributed by atoms with Gasteiger partial charge in [0.1, 0.15) is 11.0 Å². The van der Waals surface area contributed by atoms with Gasteiger partial charge >= 0.3 is 0 Å². The van der Waals surface area contributed by atoms with Crippen LogP contribution in [0, 0.1) is 0 Å². The van der Waals surface area contributed by atoms with Gasteiger partial charge in [0, 0.05) is 64.4 Å². The predicted octanol–water partition coefficient (Wildman–Crippen LogP) is 14.0. The van der Waals surface area contributed by atoms with Crippen LogP contribution in [0.15, 0.2) is 191 Å². The van der Waals surface area contributed by atoms with Crippen molar-refractivity contribution in [3.05, 3.63) is 182 Å². The Morgan fingerprint density at radius 2 is 0.968 bits per heavy atom. The first-order valence-corrected chi connectivity index (χ1v) is 21.1. The van der Waals surface area contributed by atoms with Crippen molar-refractivity contribution < 1.29 is 8.83 Å². The minimum Gasteiger partial charge on any atom is -0.436 e. The van der Waals surface area contributed by atoms with E-state index in [9.17, 15) is 0 Å². The number of benzene rings is 8. The standard InChI is InChI=1S/C53H30N6O2S/c1-2-13-35(14-3-1)59-42-20-8-4-15-36(42)37-26-25-31(30-43(37)59)49-56-50(58-51(57-49)39-17-12-24-47-48(39)38-16-5-11-23-46(38)62-47)32-27-33(52-54-40-18-6-9-21-44(40)60-52)29-34(28-32)53-55-41-19-7-10-22-45(41)61-53/h1-30H. The number of thiophene rings is 1. The highest BCUT2D eigenvalue weighted by atomic mass is 32.1. The van der Waals surface area contributed by atoms with E-state index in [0.717, 1.165) is 76.4 Å². The Kier molecular flexibility index (Phi) is 7.60. The Bertz CT molecular complexity index is 3740. The van der Waals surface area contributed by atoms with Crippen molar-refractivity contribution >= 4 is 75.5 Å². The van der Waals surface area contributed by atoms with E-state index < -0.39 is 0 Å². The second kappa shape index (κ2) is 13.6. The van der Waals surface area contributed by atoms with Gasteiger partial charge in [0.15, 0.2) is 28.6 Å².